The van der Waals surface area contributed by atoms with Gasteiger partial charge in [-0.1, -0.05) is 29.8 Å². The van der Waals surface area contributed by atoms with E-state index < -0.39 is 0 Å². The molecule has 1 aliphatic heterocycles. The normalized spacial score (nSPS) is 23.7. The fraction of sp³-hybridized carbons (Fsp3) is 0.533. The second-order valence-electron chi connectivity index (χ2n) is 4.87. The lowest BCUT2D eigenvalue weighted by Crippen LogP contribution is -2.40. The lowest BCUT2D eigenvalue weighted by atomic mass is 9.81. The van der Waals surface area contributed by atoms with Gasteiger partial charge in [0, 0.05) is 6.54 Å². The molecule has 1 aliphatic rings. The van der Waals surface area contributed by atoms with Crippen molar-refractivity contribution in [1.29, 1.82) is 0 Å². The first-order valence-electron chi connectivity index (χ1n) is 6.66. The zero-order valence-corrected chi connectivity index (χ0v) is 11.1. The lowest BCUT2D eigenvalue weighted by Gasteiger charge is -2.30. The maximum absolute atomic E-state index is 12.0. The SMILES string of the molecule is CCOC(=O)C1CNCCC1c1ccc(C)cc1. The minimum absolute atomic E-state index is 0.0543. The van der Waals surface area contributed by atoms with Crippen LogP contribution in [0.3, 0.4) is 0 Å². The van der Waals surface area contributed by atoms with Crippen molar-refractivity contribution in [2.75, 3.05) is 19.7 Å². The topological polar surface area (TPSA) is 38.3 Å². The van der Waals surface area contributed by atoms with Crippen molar-refractivity contribution >= 4 is 5.97 Å². The zero-order chi connectivity index (χ0) is 13.0. The van der Waals surface area contributed by atoms with Crippen LogP contribution in [0.1, 0.15) is 30.4 Å². The number of nitrogens with one attached hydrogen (secondary N) is 1. The quantitative estimate of drug-likeness (QED) is 0.833. The van der Waals surface area contributed by atoms with Crippen molar-refractivity contribution in [3.8, 4) is 0 Å². The molecule has 0 spiro atoms. The van der Waals surface area contributed by atoms with E-state index in [2.05, 4.69) is 36.5 Å². The first-order valence-corrected chi connectivity index (χ1v) is 6.66. The summed E-state index contributed by atoms with van der Waals surface area (Å²) in [6.45, 7) is 6.08. The highest BCUT2D eigenvalue weighted by Crippen LogP contribution is 2.31. The molecule has 0 amide bonds. The second-order valence-corrected chi connectivity index (χ2v) is 4.87. The van der Waals surface area contributed by atoms with Crippen LogP contribution in [-0.2, 0) is 9.53 Å². The molecule has 2 unspecified atom stereocenters. The molecule has 1 N–H and O–H groups in total. The Morgan fingerprint density at radius 2 is 2.11 bits per heavy atom. The Labute approximate surface area is 109 Å². The fourth-order valence-corrected chi connectivity index (χ4v) is 2.57. The molecular formula is C15H21NO2. The Balaban J connectivity index is 2.17. The molecule has 2 rings (SSSR count). The summed E-state index contributed by atoms with van der Waals surface area (Å²) in [5, 5.41) is 3.28. The van der Waals surface area contributed by atoms with Crippen molar-refractivity contribution < 1.29 is 9.53 Å². The van der Waals surface area contributed by atoms with E-state index in [4.69, 9.17) is 4.74 Å². The number of ether oxygens (including phenoxy) is 1. The second kappa shape index (κ2) is 6.01. The highest BCUT2D eigenvalue weighted by Gasteiger charge is 2.32. The molecule has 0 bridgehead atoms. The summed E-state index contributed by atoms with van der Waals surface area (Å²) in [5.41, 5.74) is 2.50. The summed E-state index contributed by atoms with van der Waals surface area (Å²) < 4.78 is 5.18. The number of carbonyl (C=O) groups is 1. The lowest BCUT2D eigenvalue weighted by molar-refractivity contribution is -0.149. The molecule has 1 fully saturated rings. The third-order valence-electron chi connectivity index (χ3n) is 3.58. The highest BCUT2D eigenvalue weighted by molar-refractivity contribution is 5.74. The fourth-order valence-electron chi connectivity index (χ4n) is 2.57. The van der Waals surface area contributed by atoms with Gasteiger partial charge < -0.3 is 10.1 Å². The molecule has 2 atom stereocenters. The van der Waals surface area contributed by atoms with E-state index in [9.17, 15) is 4.79 Å². The molecule has 98 valence electrons. The Hall–Kier alpha value is -1.35. The molecule has 3 nitrogen and oxygen atoms in total. The van der Waals surface area contributed by atoms with E-state index in [1.54, 1.807) is 0 Å². The van der Waals surface area contributed by atoms with E-state index in [-0.39, 0.29) is 17.8 Å². The van der Waals surface area contributed by atoms with Crippen LogP contribution >= 0.6 is 0 Å². The minimum atomic E-state index is -0.0738. The van der Waals surface area contributed by atoms with Crippen molar-refractivity contribution in [2.24, 2.45) is 5.92 Å². The molecule has 18 heavy (non-hydrogen) atoms. The third kappa shape index (κ3) is 2.91. The molecular weight excluding hydrogens is 226 g/mol. The van der Waals surface area contributed by atoms with Crippen LogP contribution in [0.15, 0.2) is 24.3 Å². The van der Waals surface area contributed by atoms with Crippen LogP contribution in [0, 0.1) is 12.8 Å². The van der Waals surface area contributed by atoms with Gasteiger partial charge in [-0.25, -0.2) is 0 Å². The van der Waals surface area contributed by atoms with E-state index in [0.717, 1.165) is 19.5 Å². The minimum Gasteiger partial charge on any atom is -0.466 e. The first-order chi connectivity index (χ1) is 8.72. The summed E-state index contributed by atoms with van der Waals surface area (Å²) >= 11 is 0. The zero-order valence-electron chi connectivity index (χ0n) is 11.1. The van der Waals surface area contributed by atoms with Gasteiger partial charge in [0.15, 0.2) is 0 Å². The molecule has 0 aliphatic carbocycles. The number of carbonyl (C=O) groups excluding carboxylic acids is 1. The van der Waals surface area contributed by atoms with E-state index >= 15 is 0 Å². The number of hydrogen-bond acceptors (Lipinski definition) is 3. The predicted octanol–water partition coefficient (Wildman–Crippen LogP) is 2.25. The smallest absolute Gasteiger partial charge is 0.310 e. The van der Waals surface area contributed by atoms with Crippen LogP contribution in [0.4, 0.5) is 0 Å². The van der Waals surface area contributed by atoms with Gasteiger partial charge >= 0.3 is 5.97 Å². The Bertz CT molecular complexity index is 399. The molecule has 1 aromatic rings. The number of aryl methyl sites for hydroxylation is 1. The van der Waals surface area contributed by atoms with Gasteiger partial charge in [-0.05, 0) is 38.3 Å². The highest BCUT2D eigenvalue weighted by atomic mass is 16.5. The summed E-state index contributed by atoms with van der Waals surface area (Å²) in [6, 6.07) is 8.49. The van der Waals surface area contributed by atoms with Crippen molar-refractivity contribution in [3.05, 3.63) is 35.4 Å². The van der Waals surface area contributed by atoms with Gasteiger partial charge in [0.2, 0.25) is 0 Å². The van der Waals surface area contributed by atoms with Gasteiger partial charge in [-0.3, -0.25) is 4.79 Å². The Morgan fingerprint density at radius 1 is 1.39 bits per heavy atom. The molecule has 1 aromatic carbocycles. The maximum Gasteiger partial charge on any atom is 0.310 e. The van der Waals surface area contributed by atoms with Crippen LogP contribution in [0.2, 0.25) is 0 Å². The molecule has 0 saturated carbocycles. The summed E-state index contributed by atoms with van der Waals surface area (Å²) in [4.78, 5) is 12.0. The average molecular weight is 247 g/mol. The standard InChI is InChI=1S/C15H21NO2/c1-3-18-15(17)14-10-16-9-8-13(14)12-6-4-11(2)5-7-12/h4-7,13-14,16H,3,8-10H2,1-2H3. The van der Waals surface area contributed by atoms with Crippen molar-refractivity contribution in [1.82, 2.24) is 5.32 Å². The van der Waals surface area contributed by atoms with Crippen LogP contribution in [0.5, 0.6) is 0 Å². The average Bonchev–Trinajstić information content (AvgIpc) is 2.40. The van der Waals surface area contributed by atoms with E-state index in [0.29, 0.717) is 6.61 Å². The van der Waals surface area contributed by atoms with E-state index in [1.165, 1.54) is 11.1 Å². The van der Waals surface area contributed by atoms with Gasteiger partial charge in [0.25, 0.3) is 0 Å². The van der Waals surface area contributed by atoms with Gasteiger partial charge in [-0.15, -0.1) is 0 Å². The van der Waals surface area contributed by atoms with Gasteiger partial charge in [-0.2, -0.15) is 0 Å². The number of esters is 1. The number of piperidine rings is 1. The third-order valence-corrected chi connectivity index (χ3v) is 3.58. The van der Waals surface area contributed by atoms with E-state index in [1.807, 2.05) is 6.92 Å². The summed E-state index contributed by atoms with van der Waals surface area (Å²) in [6.07, 6.45) is 0.993. The largest absolute Gasteiger partial charge is 0.466 e. The Morgan fingerprint density at radius 3 is 2.78 bits per heavy atom. The van der Waals surface area contributed by atoms with Crippen LogP contribution in [-0.4, -0.2) is 25.7 Å². The number of benzene rings is 1. The molecule has 0 radical (unpaired) electrons. The Kier molecular flexibility index (Phi) is 4.37. The van der Waals surface area contributed by atoms with Crippen molar-refractivity contribution in [3.63, 3.8) is 0 Å². The first kappa shape index (κ1) is 13.1. The number of hydrogen-bond donors (Lipinski definition) is 1. The molecule has 3 heteroatoms. The predicted molar refractivity (Wildman–Crippen MR) is 71.5 cm³/mol. The maximum atomic E-state index is 12.0. The molecule has 1 heterocycles. The molecule has 1 saturated heterocycles. The summed E-state index contributed by atoms with van der Waals surface area (Å²) in [7, 11) is 0. The summed E-state index contributed by atoms with van der Waals surface area (Å²) in [5.74, 6) is 0.155. The van der Waals surface area contributed by atoms with Crippen molar-refractivity contribution in [2.45, 2.75) is 26.2 Å². The monoisotopic (exact) mass is 247 g/mol. The van der Waals surface area contributed by atoms with Gasteiger partial charge in [0.1, 0.15) is 0 Å². The van der Waals surface area contributed by atoms with Gasteiger partial charge in [0.05, 0.1) is 12.5 Å². The van der Waals surface area contributed by atoms with Crippen LogP contribution in [0.25, 0.3) is 0 Å². The van der Waals surface area contributed by atoms with Crippen LogP contribution < -0.4 is 5.32 Å². The number of rotatable bonds is 3. The molecule has 0 aromatic heterocycles.